The van der Waals surface area contributed by atoms with Crippen molar-refractivity contribution in [1.29, 1.82) is 0 Å². The van der Waals surface area contributed by atoms with Gasteiger partial charge in [-0.15, -0.1) is 0 Å². The van der Waals surface area contributed by atoms with E-state index in [1.54, 1.807) is 7.11 Å². The molecule has 0 unspecified atom stereocenters. The van der Waals surface area contributed by atoms with Crippen molar-refractivity contribution in [3.8, 4) is 17.0 Å². The molecule has 1 atom stereocenters. The van der Waals surface area contributed by atoms with Crippen LogP contribution in [0.5, 0.6) is 5.75 Å². The number of hydrogen-bond donors (Lipinski definition) is 1. The largest absolute Gasteiger partial charge is 0.496 e. The van der Waals surface area contributed by atoms with E-state index in [4.69, 9.17) is 9.72 Å². The van der Waals surface area contributed by atoms with E-state index in [9.17, 15) is 0 Å². The maximum Gasteiger partial charge on any atom is 0.226 e. The van der Waals surface area contributed by atoms with Gasteiger partial charge in [0.15, 0.2) is 0 Å². The molecular formula is C16H20N4O. The van der Waals surface area contributed by atoms with Crippen molar-refractivity contribution in [3.05, 3.63) is 36.5 Å². The number of nitrogens with one attached hydrogen (secondary N) is 1. The second kappa shape index (κ2) is 6.10. The van der Waals surface area contributed by atoms with Gasteiger partial charge in [-0.1, -0.05) is 12.1 Å². The molecule has 2 heterocycles. The van der Waals surface area contributed by atoms with E-state index in [0.717, 1.165) is 42.6 Å². The Kier molecular flexibility index (Phi) is 4.01. The molecule has 110 valence electrons. The zero-order valence-corrected chi connectivity index (χ0v) is 12.4. The lowest BCUT2D eigenvalue weighted by molar-refractivity contribution is 0.416. The topological polar surface area (TPSA) is 50.3 Å². The molecule has 21 heavy (non-hydrogen) atoms. The molecule has 0 bridgehead atoms. The third-order valence-corrected chi connectivity index (χ3v) is 3.78. The Hall–Kier alpha value is -2.14. The van der Waals surface area contributed by atoms with E-state index < -0.39 is 0 Å². The number of nitrogens with zero attached hydrogens (tertiary/aromatic N) is 3. The molecule has 0 radical (unpaired) electrons. The number of piperazine rings is 1. The third-order valence-electron chi connectivity index (χ3n) is 3.78. The standard InChI is InChI=1S/C16H20N4O/c1-12-11-17-9-10-20(12)16-18-8-7-14(19-16)13-5-3-4-6-15(13)21-2/h3-8,12,17H,9-11H2,1-2H3/t12-/m0/s1. The van der Waals surface area contributed by atoms with Crippen LogP contribution in [0.25, 0.3) is 11.3 Å². The van der Waals surface area contributed by atoms with E-state index in [0.29, 0.717) is 6.04 Å². The van der Waals surface area contributed by atoms with Crippen LogP contribution in [0.3, 0.4) is 0 Å². The number of hydrogen-bond acceptors (Lipinski definition) is 5. The second-order valence-electron chi connectivity index (χ2n) is 5.19. The van der Waals surface area contributed by atoms with Crippen LogP contribution in [0.2, 0.25) is 0 Å². The summed E-state index contributed by atoms with van der Waals surface area (Å²) >= 11 is 0. The molecule has 2 aromatic rings. The summed E-state index contributed by atoms with van der Waals surface area (Å²) < 4.78 is 5.42. The fourth-order valence-corrected chi connectivity index (χ4v) is 2.63. The van der Waals surface area contributed by atoms with Gasteiger partial charge in [0.2, 0.25) is 5.95 Å². The Balaban J connectivity index is 1.96. The van der Waals surface area contributed by atoms with Gasteiger partial charge in [0.1, 0.15) is 5.75 Å². The molecule has 0 spiro atoms. The van der Waals surface area contributed by atoms with Crippen LogP contribution in [0.15, 0.2) is 36.5 Å². The van der Waals surface area contributed by atoms with Crippen molar-refractivity contribution in [2.75, 3.05) is 31.6 Å². The number of methoxy groups -OCH3 is 1. The lowest BCUT2D eigenvalue weighted by atomic mass is 10.1. The molecule has 1 saturated heterocycles. The fourth-order valence-electron chi connectivity index (χ4n) is 2.63. The van der Waals surface area contributed by atoms with Gasteiger partial charge >= 0.3 is 0 Å². The molecule has 0 aliphatic carbocycles. The van der Waals surface area contributed by atoms with E-state index in [1.807, 2.05) is 36.5 Å². The average molecular weight is 284 g/mol. The van der Waals surface area contributed by atoms with Crippen LogP contribution in [0, 0.1) is 0 Å². The quantitative estimate of drug-likeness (QED) is 0.933. The van der Waals surface area contributed by atoms with E-state index >= 15 is 0 Å². The predicted molar refractivity (Wildman–Crippen MR) is 83.7 cm³/mol. The molecule has 5 nitrogen and oxygen atoms in total. The van der Waals surface area contributed by atoms with Crippen LogP contribution in [-0.2, 0) is 0 Å². The summed E-state index contributed by atoms with van der Waals surface area (Å²) in [4.78, 5) is 11.4. The number of anilines is 1. The van der Waals surface area contributed by atoms with Gasteiger partial charge < -0.3 is 15.0 Å². The smallest absolute Gasteiger partial charge is 0.226 e. The lowest BCUT2D eigenvalue weighted by Crippen LogP contribution is -2.50. The first kappa shape index (κ1) is 13.8. The first-order chi connectivity index (χ1) is 10.3. The van der Waals surface area contributed by atoms with E-state index in [-0.39, 0.29) is 0 Å². The maximum absolute atomic E-state index is 5.42. The maximum atomic E-state index is 5.42. The van der Waals surface area contributed by atoms with Gasteiger partial charge in [-0.3, -0.25) is 0 Å². The number of aromatic nitrogens is 2. The first-order valence-corrected chi connectivity index (χ1v) is 7.23. The van der Waals surface area contributed by atoms with Gasteiger partial charge in [-0.25, -0.2) is 9.97 Å². The lowest BCUT2D eigenvalue weighted by Gasteiger charge is -2.34. The highest BCUT2D eigenvalue weighted by Crippen LogP contribution is 2.28. The SMILES string of the molecule is COc1ccccc1-c1ccnc(N2CCNC[C@@H]2C)n1. The summed E-state index contributed by atoms with van der Waals surface area (Å²) in [6, 6.07) is 10.2. The van der Waals surface area contributed by atoms with Crippen LogP contribution in [0.1, 0.15) is 6.92 Å². The molecule has 0 saturated carbocycles. The molecule has 1 aromatic carbocycles. The molecule has 1 fully saturated rings. The minimum Gasteiger partial charge on any atom is -0.496 e. The zero-order valence-electron chi connectivity index (χ0n) is 12.4. The van der Waals surface area contributed by atoms with E-state index in [1.165, 1.54) is 0 Å². The fraction of sp³-hybridized carbons (Fsp3) is 0.375. The molecule has 1 aromatic heterocycles. The van der Waals surface area contributed by atoms with Crippen molar-refractivity contribution in [1.82, 2.24) is 15.3 Å². The van der Waals surface area contributed by atoms with Crippen molar-refractivity contribution < 1.29 is 4.74 Å². The first-order valence-electron chi connectivity index (χ1n) is 7.23. The monoisotopic (exact) mass is 284 g/mol. The Bertz CT molecular complexity index is 617. The van der Waals surface area contributed by atoms with E-state index in [2.05, 4.69) is 22.1 Å². The highest BCUT2D eigenvalue weighted by atomic mass is 16.5. The van der Waals surface area contributed by atoms with Crippen molar-refractivity contribution in [2.24, 2.45) is 0 Å². The van der Waals surface area contributed by atoms with Crippen LogP contribution >= 0.6 is 0 Å². The van der Waals surface area contributed by atoms with Gasteiger partial charge in [0, 0.05) is 37.4 Å². The highest BCUT2D eigenvalue weighted by Gasteiger charge is 2.21. The molecule has 1 aliphatic rings. The molecule has 1 N–H and O–H groups in total. The molecule has 0 amide bonds. The van der Waals surface area contributed by atoms with Crippen molar-refractivity contribution in [3.63, 3.8) is 0 Å². The number of para-hydroxylation sites is 1. The number of rotatable bonds is 3. The predicted octanol–water partition coefficient (Wildman–Crippen LogP) is 1.95. The van der Waals surface area contributed by atoms with Gasteiger partial charge in [-0.2, -0.15) is 0 Å². The summed E-state index contributed by atoms with van der Waals surface area (Å²) in [5.74, 6) is 1.61. The Morgan fingerprint density at radius 2 is 2.14 bits per heavy atom. The number of ether oxygens (including phenoxy) is 1. The number of benzene rings is 1. The second-order valence-corrected chi connectivity index (χ2v) is 5.19. The summed E-state index contributed by atoms with van der Waals surface area (Å²) in [5, 5.41) is 3.38. The normalized spacial score (nSPS) is 18.6. The summed E-state index contributed by atoms with van der Waals surface area (Å²) in [5.41, 5.74) is 1.88. The minimum absolute atomic E-state index is 0.395. The minimum atomic E-state index is 0.395. The average Bonchev–Trinajstić information content (AvgIpc) is 2.55. The van der Waals surface area contributed by atoms with Gasteiger partial charge in [0.05, 0.1) is 12.8 Å². The molecular weight excluding hydrogens is 264 g/mol. The summed E-state index contributed by atoms with van der Waals surface area (Å²) in [6.07, 6.45) is 1.82. The Labute approximate surface area is 125 Å². The van der Waals surface area contributed by atoms with Gasteiger partial charge in [-0.05, 0) is 25.1 Å². The Morgan fingerprint density at radius 3 is 2.95 bits per heavy atom. The summed E-state index contributed by atoms with van der Waals surface area (Å²) in [7, 11) is 1.68. The van der Waals surface area contributed by atoms with Gasteiger partial charge in [0.25, 0.3) is 0 Å². The van der Waals surface area contributed by atoms with Crippen LogP contribution in [-0.4, -0.2) is 42.8 Å². The molecule has 1 aliphatic heterocycles. The Morgan fingerprint density at radius 1 is 1.29 bits per heavy atom. The van der Waals surface area contributed by atoms with Crippen LogP contribution in [0.4, 0.5) is 5.95 Å². The zero-order chi connectivity index (χ0) is 14.7. The highest BCUT2D eigenvalue weighted by molar-refractivity contribution is 5.67. The van der Waals surface area contributed by atoms with Crippen LogP contribution < -0.4 is 15.0 Å². The molecule has 3 rings (SSSR count). The third kappa shape index (κ3) is 2.83. The van der Waals surface area contributed by atoms with Crippen molar-refractivity contribution >= 4 is 5.95 Å². The van der Waals surface area contributed by atoms with Crippen molar-refractivity contribution in [2.45, 2.75) is 13.0 Å². The summed E-state index contributed by atoms with van der Waals surface area (Å²) in [6.45, 7) is 5.04. The molecule has 5 heteroatoms.